The van der Waals surface area contributed by atoms with Crippen molar-refractivity contribution in [2.24, 2.45) is 0 Å². The molecule has 0 unspecified atom stereocenters. The topological polar surface area (TPSA) is 83.5 Å². The van der Waals surface area contributed by atoms with Crippen LogP contribution in [-0.4, -0.2) is 26.0 Å². The highest BCUT2D eigenvalue weighted by atomic mass is 32.2. The lowest BCUT2D eigenvalue weighted by atomic mass is 10.4. The van der Waals surface area contributed by atoms with Crippen LogP contribution in [0.25, 0.3) is 0 Å². The van der Waals surface area contributed by atoms with E-state index in [0.29, 0.717) is 0 Å². The highest BCUT2D eigenvalue weighted by Gasteiger charge is 2.17. The first kappa shape index (κ1) is 11.9. The van der Waals surface area contributed by atoms with E-state index in [-0.39, 0.29) is 16.3 Å². The number of carboxylic acids is 1. The van der Waals surface area contributed by atoms with Crippen molar-refractivity contribution in [1.29, 1.82) is 0 Å². The van der Waals surface area contributed by atoms with Crippen LogP contribution >= 0.6 is 11.3 Å². The number of hydrogen-bond donors (Lipinski definition) is 2. The van der Waals surface area contributed by atoms with Gasteiger partial charge in [0.15, 0.2) is 0 Å². The lowest BCUT2D eigenvalue weighted by Crippen LogP contribution is -2.22. The van der Waals surface area contributed by atoms with Crippen molar-refractivity contribution in [2.45, 2.75) is 4.21 Å². The standard InChI is InChI=1S/C8H9NO4S2/c1-2-3-9-15(12,13)7-4-6(5-14-7)8(10)11/h2,4-5,9H,1,3H2,(H,10,11). The lowest BCUT2D eigenvalue weighted by molar-refractivity contribution is 0.0697. The van der Waals surface area contributed by atoms with Crippen molar-refractivity contribution < 1.29 is 18.3 Å². The molecule has 0 bridgehead atoms. The Morgan fingerprint density at radius 2 is 2.33 bits per heavy atom. The third-order valence-electron chi connectivity index (χ3n) is 1.50. The summed E-state index contributed by atoms with van der Waals surface area (Å²) in [5.41, 5.74) is -0.0287. The van der Waals surface area contributed by atoms with E-state index in [0.717, 1.165) is 17.4 Å². The van der Waals surface area contributed by atoms with Crippen LogP contribution in [0.5, 0.6) is 0 Å². The zero-order valence-corrected chi connectivity index (χ0v) is 9.27. The molecular weight excluding hydrogens is 238 g/mol. The van der Waals surface area contributed by atoms with Gasteiger partial charge in [-0.15, -0.1) is 17.9 Å². The monoisotopic (exact) mass is 247 g/mol. The van der Waals surface area contributed by atoms with Crippen molar-refractivity contribution in [3.8, 4) is 0 Å². The zero-order valence-electron chi connectivity index (χ0n) is 7.63. The predicted octanol–water partition coefficient (Wildman–Crippen LogP) is 0.911. The summed E-state index contributed by atoms with van der Waals surface area (Å²) in [6, 6.07) is 1.12. The molecule has 0 fully saturated rings. The maximum Gasteiger partial charge on any atom is 0.336 e. The van der Waals surface area contributed by atoms with Gasteiger partial charge in [0, 0.05) is 11.9 Å². The fourth-order valence-corrected chi connectivity index (χ4v) is 3.01. The minimum absolute atomic E-state index is 0.0123. The molecule has 1 aromatic heterocycles. The number of thiophene rings is 1. The molecular formula is C8H9NO4S2. The molecule has 15 heavy (non-hydrogen) atoms. The summed E-state index contributed by atoms with van der Waals surface area (Å²) >= 11 is 0.870. The van der Waals surface area contributed by atoms with Crippen LogP contribution in [0.3, 0.4) is 0 Å². The second-order valence-electron chi connectivity index (χ2n) is 2.60. The molecule has 0 amide bonds. The Morgan fingerprint density at radius 3 is 2.80 bits per heavy atom. The van der Waals surface area contributed by atoms with Gasteiger partial charge in [-0.05, 0) is 6.07 Å². The molecule has 1 heterocycles. The van der Waals surface area contributed by atoms with E-state index in [1.807, 2.05) is 0 Å². The first-order valence-electron chi connectivity index (χ1n) is 3.90. The summed E-state index contributed by atoms with van der Waals surface area (Å²) in [6.07, 6.45) is 1.41. The van der Waals surface area contributed by atoms with Gasteiger partial charge in [-0.1, -0.05) is 6.08 Å². The Labute approximate surface area is 91.1 Å². The average Bonchev–Trinajstić information content (AvgIpc) is 2.64. The summed E-state index contributed by atoms with van der Waals surface area (Å²) in [5, 5.41) is 9.90. The molecule has 1 aromatic rings. The molecule has 82 valence electrons. The Morgan fingerprint density at radius 1 is 1.67 bits per heavy atom. The molecule has 0 saturated carbocycles. The van der Waals surface area contributed by atoms with E-state index in [9.17, 15) is 13.2 Å². The molecule has 0 spiro atoms. The summed E-state index contributed by atoms with van der Waals surface area (Å²) in [6.45, 7) is 3.49. The maximum absolute atomic E-state index is 11.5. The van der Waals surface area contributed by atoms with Crippen LogP contribution in [0, 0.1) is 0 Å². The van der Waals surface area contributed by atoms with Gasteiger partial charge >= 0.3 is 5.97 Å². The quantitative estimate of drug-likeness (QED) is 0.757. The minimum Gasteiger partial charge on any atom is -0.478 e. The normalized spacial score (nSPS) is 11.2. The van der Waals surface area contributed by atoms with Gasteiger partial charge in [-0.2, -0.15) is 0 Å². The van der Waals surface area contributed by atoms with Crippen LogP contribution in [0.15, 0.2) is 28.3 Å². The molecule has 0 aliphatic carbocycles. The average molecular weight is 247 g/mol. The van der Waals surface area contributed by atoms with Gasteiger partial charge in [0.25, 0.3) is 0 Å². The van der Waals surface area contributed by atoms with E-state index in [1.54, 1.807) is 0 Å². The van der Waals surface area contributed by atoms with Crippen molar-refractivity contribution in [2.75, 3.05) is 6.54 Å². The van der Waals surface area contributed by atoms with Crippen LogP contribution in [0.4, 0.5) is 0 Å². The van der Waals surface area contributed by atoms with E-state index in [1.165, 1.54) is 11.5 Å². The zero-order chi connectivity index (χ0) is 11.5. The van der Waals surface area contributed by atoms with Gasteiger partial charge in [0.1, 0.15) is 4.21 Å². The van der Waals surface area contributed by atoms with Crippen molar-refractivity contribution in [1.82, 2.24) is 4.72 Å². The Balaban J connectivity index is 2.95. The fourth-order valence-electron chi connectivity index (χ4n) is 0.809. The summed E-state index contributed by atoms with van der Waals surface area (Å²) < 4.78 is 25.2. The van der Waals surface area contributed by atoms with Gasteiger partial charge in [-0.3, -0.25) is 0 Å². The molecule has 0 aliphatic heterocycles. The van der Waals surface area contributed by atoms with E-state index in [4.69, 9.17) is 5.11 Å². The molecule has 0 atom stereocenters. The molecule has 0 aliphatic rings. The predicted molar refractivity (Wildman–Crippen MR) is 56.7 cm³/mol. The summed E-state index contributed by atoms with van der Waals surface area (Å²) in [7, 11) is -3.60. The number of nitrogens with one attached hydrogen (secondary N) is 1. The summed E-state index contributed by atoms with van der Waals surface area (Å²) in [4.78, 5) is 10.5. The first-order chi connectivity index (χ1) is 6.97. The molecule has 5 nitrogen and oxygen atoms in total. The second kappa shape index (κ2) is 4.56. The van der Waals surface area contributed by atoms with E-state index in [2.05, 4.69) is 11.3 Å². The number of rotatable bonds is 5. The smallest absolute Gasteiger partial charge is 0.336 e. The minimum atomic E-state index is -3.60. The van der Waals surface area contributed by atoms with Crippen molar-refractivity contribution in [3.63, 3.8) is 0 Å². The largest absolute Gasteiger partial charge is 0.478 e. The Hall–Kier alpha value is -1.18. The number of sulfonamides is 1. The third kappa shape index (κ3) is 2.88. The lowest BCUT2D eigenvalue weighted by Gasteiger charge is -1.99. The van der Waals surface area contributed by atoms with E-state index >= 15 is 0 Å². The number of hydrogen-bond acceptors (Lipinski definition) is 4. The molecule has 0 aromatic carbocycles. The third-order valence-corrected chi connectivity index (χ3v) is 4.37. The first-order valence-corrected chi connectivity index (χ1v) is 6.26. The maximum atomic E-state index is 11.5. The molecule has 0 saturated heterocycles. The molecule has 7 heteroatoms. The van der Waals surface area contributed by atoms with Gasteiger partial charge in [-0.25, -0.2) is 17.9 Å². The fraction of sp³-hybridized carbons (Fsp3) is 0.125. The second-order valence-corrected chi connectivity index (χ2v) is 5.51. The van der Waals surface area contributed by atoms with Crippen molar-refractivity contribution in [3.05, 3.63) is 29.7 Å². The van der Waals surface area contributed by atoms with Crippen LogP contribution < -0.4 is 4.72 Å². The van der Waals surface area contributed by atoms with Crippen LogP contribution in [0.1, 0.15) is 10.4 Å². The molecule has 0 radical (unpaired) electrons. The highest BCUT2D eigenvalue weighted by molar-refractivity contribution is 7.91. The molecule has 1 rings (SSSR count). The van der Waals surface area contributed by atoms with Gasteiger partial charge in [0.05, 0.1) is 5.56 Å². The molecule has 2 N–H and O–H groups in total. The van der Waals surface area contributed by atoms with Gasteiger partial charge in [0.2, 0.25) is 10.0 Å². The Kier molecular flexibility index (Phi) is 3.61. The SMILES string of the molecule is C=CCNS(=O)(=O)c1cc(C(=O)O)cs1. The number of aromatic carboxylic acids is 1. The van der Waals surface area contributed by atoms with Crippen LogP contribution in [0.2, 0.25) is 0 Å². The Bertz CT molecular complexity index is 475. The van der Waals surface area contributed by atoms with Gasteiger partial charge < -0.3 is 5.11 Å². The van der Waals surface area contributed by atoms with Crippen molar-refractivity contribution >= 4 is 27.3 Å². The van der Waals surface area contributed by atoms with Crippen LogP contribution in [-0.2, 0) is 10.0 Å². The number of carboxylic acid groups (broad SMARTS) is 1. The summed E-state index contributed by atoms with van der Waals surface area (Å²) in [5.74, 6) is -1.14. The van der Waals surface area contributed by atoms with E-state index < -0.39 is 16.0 Å². The highest BCUT2D eigenvalue weighted by Crippen LogP contribution is 2.19. The number of carbonyl (C=O) groups is 1.